The number of aryl methyl sites for hydroxylation is 1. The van der Waals surface area contributed by atoms with Gasteiger partial charge >= 0.3 is 0 Å². The molecule has 182 valence electrons. The van der Waals surface area contributed by atoms with Gasteiger partial charge in [0.1, 0.15) is 6.29 Å². The van der Waals surface area contributed by atoms with E-state index >= 15 is 0 Å². The first-order valence-corrected chi connectivity index (χ1v) is 13.0. The molecule has 0 saturated carbocycles. The van der Waals surface area contributed by atoms with Crippen LogP contribution in [0.15, 0.2) is 60.7 Å². The summed E-state index contributed by atoms with van der Waals surface area (Å²) in [7, 11) is 0. The summed E-state index contributed by atoms with van der Waals surface area (Å²) in [5.41, 5.74) is 8.24. The van der Waals surface area contributed by atoms with Crippen molar-refractivity contribution in [3.63, 3.8) is 0 Å². The molecule has 4 aromatic rings. The maximum atomic E-state index is 14.8. The van der Waals surface area contributed by atoms with E-state index in [1.807, 2.05) is 24.3 Å². The number of fused-ring (bicyclic) bond motifs is 3. The van der Waals surface area contributed by atoms with Crippen LogP contribution in [0.5, 0.6) is 0 Å². The largest absolute Gasteiger partial charge is 0.371 e. The lowest BCUT2D eigenvalue weighted by Gasteiger charge is -2.31. The van der Waals surface area contributed by atoms with E-state index in [9.17, 15) is 9.18 Å². The van der Waals surface area contributed by atoms with E-state index in [2.05, 4.69) is 51.5 Å². The number of nitrogens with one attached hydrogen (secondary N) is 1. The van der Waals surface area contributed by atoms with E-state index in [1.165, 1.54) is 5.57 Å². The molecule has 4 nitrogen and oxygen atoms in total. The van der Waals surface area contributed by atoms with Gasteiger partial charge in [-0.3, -0.25) is 5.10 Å². The van der Waals surface area contributed by atoms with Gasteiger partial charge in [0.25, 0.3) is 0 Å². The maximum absolute atomic E-state index is 14.8. The van der Waals surface area contributed by atoms with Crippen LogP contribution in [0.25, 0.3) is 22.0 Å². The van der Waals surface area contributed by atoms with Crippen molar-refractivity contribution in [3.8, 4) is 0 Å². The molecule has 1 saturated heterocycles. The third-order valence-electron chi connectivity index (χ3n) is 7.66. The van der Waals surface area contributed by atoms with Crippen LogP contribution >= 0.6 is 11.6 Å². The second-order valence-corrected chi connectivity index (χ2v) is 10.1. The first kappa shape index (κ1) is 23.0. The molecule has 0 atom stereocenters. The molecular weight excluding hydrogens is 473 g/mol. The smallest absolute Gasteiger partial charge is 0.217 e. The number of H-pyrrole nitrogens is 1. The number of halogens is 2. The lowest BCUT2D eigenvalue weighted by atomic mass is 9.87. The maximum Gasteiger partial charge on any atom is 0.217 e. The number of nitrogens with zero attached hydrogens (tertiary/aromatic N) is 2. The molecular formula is C30H27ClFN3O. The molecule has 1 aromatic heterocycles. The SMILES string of the molecule is O=CC1CCN(c2ccc(C3=C(c4ccccc4Cl)CCCc4c3ccc3n[nH]c(F)c43)cc2)CC1. The predicted molar refractivity (Wildman–Crippen MR) is 144 cm³/mol. The van der Waals surface area contributed by atoms with Gasteiger partial charge in [-0.2, -0.15) is 9.49 Å². The van der Waals surface area contributed by atoms with Gasteiger partial charge in [-0.05, 0) is 89.8 Å². The van der Waals surface area contributed by atoms with Gasteiger partial charge in [-0.25, -0.2) is 0 Å². The van der Waals surface area contributed by atoms with Crippen molar-refractivity contribution in [2.75, 3.05) is 18.0 Å². The Labute approximate surface area is 214 Å². The number of anilines is 1. The van der Waals surface area contributed by atoms with Crippen molar-refractivity contribution in [1.82, 2.24) is 10.2 Å². The van der Waals surface area contributed by atoms with Gasteiger partial charge < -0.3 is 9.69 Å². The Balaban J connectivity index is 1.50. The summed E-state index contributed by atoms with van der Waals surface area (Å²) in [6, 6.07) is 20.6. The molecule has 1 aliphatic carbocycles. The molecule has 1 fully saturated rings. The van der Waals surface area contributed by atoms with Crippen LogP contribution in [0.1, 0.15) is 47.9 Å². The number of piperidine rings is 1. The van der Waals surface area contributed by atoms with E-state index < -0.39 is 0 Å². The topological polar surface area (TPSA) is 49.0 Å². The average molecular weight is 500 g/mol. The van der Waals surface area contributed by atoms with Crippen LogP contribution in [0.3, 0.4) is 0 Å². The number of aldehydes is 1. The van der Waals surface area contributed by atoms with Crippen molar-refractivity contribution in [2.45, 2.75) is 32.1 Å². The summed E-state index contributed by atoms with van der Waals surface area (Å²) in [4.78, 5) is 13.5. The van der Waals surface area contributed by atoms with Crippen molar-refractivity contribution < 1.29 is 9.18 Å². The monoisotopic (exact) mass is 499 g/mol. The van der Waals surface area contributed by atoms with E-state index in [0.29, 0.717) is 10.9 Å². The summed E-state index contributed by atoms with van der Waals surface area (Å²) in [5.74, 6) is -0.206. The zero-order valence-electron chi connectivity index (χ0n) is 19.9. The highest BCUT2D eigenvalue weighted by Crippen LogP contribution is 2.43. The predicted octanol–water partition coefficient (Wildman–Crippen LogP) is 7.07. The van der Waals surface area contributed by atoms with Crippen molar-refractivity contribution in [1.29, 1.82) is 0 Å². The van der Waals surface area contributed by atoms with E-state index in [0.717, 1.165) is 90.0 Å². The summed E-state index contributed by atoms with van der Waals surface area (Å²) >= 11 is 6.70. The molecule has 0 radical (unpaired) electrons. The minimum atomic E-state index is -0.378. The standard InChI is InChI=1S/C30H27ClFN3O/c31-26-7-2-1-4-22(26)23-5-3-6-24-25(12-13-27-29(24)30(32)34-33-27)28(23)20-8-10-21(11-9-20)35-16-14-19(18-36)15-17-35/h1-2,4,7-13,18-19H,3,5-6,14-17H2,(H,33,34). The third-order valence-corrected chi connectivity index (χ3v) is 7.99. The number of allylic oxidation sites excluding steroid dienone is 1. The Bertz CT molecular complexity index is 1470. The van der Waals surface area contributed by atoms with Crippen molar-refractivity contribution in [3.05, 3.63) is 93.9 Å². The Morgan fingerprint density at radius 3 is 2.50 bits per heavy atom. The first-order chi connectivity index (χ1) is 17.6. The first-order valence-electron chi connectivity index (χ1n) is 12.6. The molecule has 0 spiro atoms. The molecule has 6 rings (SSSR count). The van der Waals surface area contributed by atoms with Crippen LogP contribution < -0.4 is 4.90 Å². The molecule has 3 aromatic carbocycles. The molecule has 1 N–H and O–H groups in total. The Morgan fingerprint density at radius 2 is 1.75 bits per heavy atom. The lowest BCUT2D eigenvalue weighted by Crippen LogP contribution is -2.34. The lowest BCUT2D eigenvalue weighted by molar-refractivity contribution is -0.111. The Hall–Kier alpha value is -3.44. The number of carbonyl (C=O) groups is 1. The molecule has 2 aliphatic rings. The fraction of sp³-hybridized carbons (Fsp3) is 0.267. The minimum absolute atomic E-state index is 0.173. The fourth-order valence-corrected chi connectivity index (χ4v) is 6.05. The van der Waals surface area contributed by atoms with Gasteiger partial charge in [-0.15, -0.1) is 0 Å². The van der Waals surface area contributed by atoms with Gasteiger partial charge in [0.2, 0.25) is 5.95 Å². The van der Waals surface area contributed by atoms with Crippen LogP contribution in [0.2, 0.25) is 5.02 Å². The van der Waals surface area contributed by atoms with Crippen molar-refractivity contribution >= 4 is 45.6 Å². The van der Waals surface area contributed by atoms with E-state index in [1.54, 1.807) is 0 Å². The van der Waals surface area contributed by atoms with E-state index in [4.69, 9.17) is 11.6 Å². The van der Waals surface area contributed by atoms with Crippen LogP contribution in [-0.2, 0) is 11.2 Å². The zero-order chi connectivity index (χ0) is 24.6. The number of hydrogen-bond acceptors (Lipinski definition) is 3. The number of aromatic amines is 1. The Morgan fingerprint density at radius 1 is 0.972 bits per heavy atom. The van der Waals surface area contributed by atoms with Crippen LogP contribution in [0, 0.1) is 11.9 Å². The number of carbonyl (C=O) groups excluding carboxylic acids is 1. The summed E-state index contributed by atoms with van der Waals surface area (Å²) in [5, 5.41) is 7.98. The van der Waals surface area contributed by atoms with Gasteiger partial charge in [0, 0.05) is 29.7 Å². The summed E-state index contributed by atoms with van der Waals surface area (Å²) < 4.78 is 14.8. The van der Waals surface area contributed by atoms with Crippen LogP contribution in [0.4, 0.5) is 10.1 Å². The third kappa shape index (κ3) is 4.01. The van der Waals surface area contributed by atoms with E-state index in [-0.39, 0.29) is 11.9 Å². The molecule has 6 heteroatoms. The highest BCUT2D eigenvalue weighted by Gasteiger charge is 2.25. The molecule has 36 heavy (non-hydrogen) atoms. The molecule has 0 amide bonds. The van der Waals surface area contributed by atoms with Gasteiger partial charge in [0.05, 0.1) is 10.9 Å². The molecule has 2 heterocycles. The second kappa shape index (κ2) is 9.55. The van der Waals surface area contributed by atoms with Gasteiger partial charge in [0.15, 0.2) is 0 Å². The molecule has 1 aliphatic heterocycles. The van der Waals surface area contributed by atoms with Gasteiger partial charge in [-0.1, -0.05) is 48.0 Å². The summed E-state index contributed by atoms with van der Waals surface area (Å²) in [6.07, 6.45) is 5.39. The number of rotatable bonds is 4. The number of hydrogen-bond donors (Lipinski definition) is 1. The average Bonchev–Trinajstić information content (AvgIpc) is 3.19. The Kier molecular flexibility index (Phi) is 6.10. The summed E-state index contributed by atoms with van der Waals surface area (Å²) in [6.45, 7) is 1.77. The molecule has 0 unspecified atom stereocenters. The minimum Gasteiger partial charge on any atom is -0.371 e. The quantitative estimate of drug-likeness (QED) is 0.305. The number of aromatic nitrogens is 2. The zero-order valence-corrected chi connectivity index (χ0v) is 20.7. The fourth-order valence-electron chi connectivity index (χ4n) is 5.80. The second-order valence-electron chi connectivity index (χ2n) is 9.72. The molecule has 0 bridgehead atoms. The highest BCUT2D eigenvalue weighted by molar-refractivity contribution is 6.32. The highest BCUT2D eigenvalue weighted by atomic mass is 35.5. The van der Waals surface area contributed by atoms with Crippen molar-refractivity contribution in [2.24, 2.45) is 5.92 Å². The normalized spacial score (nSPS) is 16.8. The number of benzene rings is 3. The van der Waals surface area contributed by atoms with Crippen LogP contribution in [-0.4, -0.2) is 29.6 Å².